The molecule has 0 fully saturated rings. The predicted molar refractivity (Wildman–Crippen MR) is 58.7 cm³/mol. The zero-order chi connectivity index (χ0) is 10.8. The van der Waals surface area contributed by atoms with Gasteiger partial charge in [-0.3, -0.25) is 0 Å². The second-order valence-electron chi connectivity index (χ2n) is 3.60. The Labute approximate surface area is 86.0 Å². The quantitative estimate of drug-likeness (QED) is 0.171. The van der Waals surface area contributed by atoms with E-state index in [2.05, 4.69) is 29.5 Å². The molecule has 0 aromatic heterocycles. The fraction of sp³-hybridized carbons (Fsp3) is 0.889. The van der Waals surface area contributed by atoms with Crippen LogP contribution in [0.5, 0.6) is 0 Å². The lowest BCUT2D eigenvalue weighted by molar-refractivity contribution is 0.316. The molecule has 0 aliphatic heterocycles. The summed E-state index contributed by atoms with van der Waals surface area (Å²) in [5.74, 6) is 0.283. The molecule has 0 aliphatic carbocycles. The van der Waals surface area contributed by atoms with Crippen LogP contribution in [0.2, 0.25) is 0 Å². The first kappa shape index (κ1) is 13.2. The molecule has 0 atom stereocenters. The number of nitrogens with zero attached hydrogens (tertiary/aromatic N) is 2. The van der Waals surface area contributed by atoms with E-state index < -0.39 is 0 Å². The van der Waals surface area contributed by atoms with Crippen LogP contribution < -0.4 is 11.1 Å². The SMILES string of the molecule is CN(C)CCCCNCCC(N)=NO. The minimum Gasteiger partial charge on any atom is -0.409 e. The molecule has 0 spiro atoms. The first-order valence-corrected chi connectivity index (χ1v) is 4.98. The maximum atomic E-state index is 8.27. The fourth-order valence-electron chi connectivity index (χ4n) is 1.07. The highest BCUT2D eigenvalue weighted by molar-refractivity contribution is 5.79. The molecular formula is C9H22N4O. The van der Waals surface area contributed by atoms with Crippen LogP contribution in [0, 0.1) is 0 Å². The van der Waals surface area contributed by atoms with Gasteiger partial charge >= 0.3 is 0 Å². The average Bonchev–Trinajstić information content (AvgIpc) is 2.15. The van der Waals surface area contributed by atoms with Gasteiger partial charge < -0.3 is 21.2 Å². The third-order valence-electron chi connectivity index (χ3n) is 1.90. The van der Waals surface area contributed by atoms with Gasteiger partial charge in [0.05, 0.1) is 0 Å². The summed E-state index contributed by atoms with van der Waals surface area (Å²) in [5, 5.41) is 14.4. The van der Waals surface area contributed by atoms with Crippen molar-refractivity contribution in [3.05, 3.63) is 0 Å². The molecule has 0 bridgehead atoms. The average molecular weight is 202 g/mol. The highest BCUT2D eigenvalue weighted by atomic mass is 16.4. The molecule has 0 rings (SSSR count). The van der Waals surface area contributed by atoms with Crippen molar-refractivity contribution in [3.8, 4) is 0 Å². The normalized spacial score (nSPS) is 12.4. The van der Waals surface area contributed by atoms with Crippen molar-refractivity contribution in [2.24, 2.45) is 10.9 Å². The Morgan fingerprint density at radius 2 is 2.07 bits per heavy atom. The van der Waals surface area contributed by atoms with Crippen molar-refractivity contribution >= 4 is 5.84 Å². The zero-order valence-electron chi connectivity index (χ0n) is 9.16. The van der Waals surface area contributed by atoms with Crippen molar-refractivity contribution < 1.29 is 5.21 Å². The Morgan fingerprint density at radius 1 is 1.36 bits per heavy atom. The summed E-state index contributed by atoms with van der Waals surface area (Å²) in [4.78, 5) is 2.18. The number of unbranched alkanes of at least 4 members (excludes halogenated alkanes) is 1. The van der Waals surface area contributed by atoms with E-state index in [0.717, 1.165) is 26.1 Å². The number of nitrogens with two attached hydrogens (primary N) is 1. The van der Waals surface area contributed by atoms with Gasteiger partial charge in [-0.25, -0.2) is 0 Å². The van der Waals surface area contributed by atoms with Gasteiger partial charge in [0.1, 0.15) is 5.84 Å². The molecule has 84 valence electrons. The largest absolute Gasteiger partial charge is 0.409 e. The molecule has 4 N–H and O–H groups in total. The fourth-order valence-corrected chi connectivity index (χ4v) is 1.07. The van der Waals surface area contributed by atoms with Gasteiger partial charge in [0.2, 0.25) is 0 Å². The van der Waals surface area contributed by atoms with E-state index in [0.29, 0.717) is 6.42 Å². The molecule has 5 nitrogen and oxygen atoms in total. The summed E-state index contributed by atoms with van der Waals surface area (Å²) in [5.41, 5.74) is 5.31. The second-order valence-corrected chi connectivity index (χ2v) is 3.60. The van der Waals surface area contributed by atoms with Crippen LogP contribution in [0.25, 0.3) is 0 Å². The van der Waals surface area contributed by atoms with E-state index in [-0.39, 0.29) is 5.84 Å². The Morgan fingerprint density at radius 3 is 2.64 bits per heavy atom. The van der Waals surface area contributed by atoms with Gasteiger partial charge in [0.15, 0.2) is 0 Å². The molecule has 5 heteroatoms. The molecule has 14 heavy (non-hydrogen) atoms. The monoisotopic (exact) mass is 202 g/mol. The highest BCUT2D eigenvalue weighted by Crippen LogP contribution is 1.88. The van der Waals surface area contributed by atoms with Gasteiger partial charge in [-0.2, -0.15) is 0 Å². The smallest absolute Gasteiger partial charge is 0.140 e. The highest BCUT2D eigenvalue weighted by Gasteiger charge is 1.93. The molecule has 0 unspecified atom stereocenters. The second kappa shape index (κ2) is 8.77. The van der Waals surface area contributed by atoms with Gasteiger partial charge in [-0.05, 0) is 40.0 Å². The minimum atomic E-state index is 0.283. The van der Waals surface area contributed by atoms with Crippen LogP contribution in [-0.2, 0) is 0 Å². The van der Waals surface area contributed by atoms with Crippen molar-refractivity contribution in [1.82, 2.24) is 10.2 Å². The number of rotatable bonds is 8. The van der Waals surface area contributed by atoms with E-state index in [4.69, 9.17) is 10.9 Å². The van der Waals surface area contributed by atoms with E-state index >= 15 is 0 Å². The summed E-state index contributed by atoms with van der Waals surface area (Å²) in [6.45, 7) is 2.90. The van der Waals surface area contributed by atoms with E-state index in [1.165, 1.54) is 6.42 Å². The van der Waals surface area contributed by atoms with Crippen LogP contribution >= 0.6 is 0 Å². The van der Waals surface area contributed by atoms with Crippen molar-refractivity contribution in [3.63, 3.8) is 0 Å². The van der Waals surface area contributed by atoms with Crippen LogP contribution in [0.1, 0.15) is 19.3 Å². The number of nitrogens with one attached hydrogen (secondary N) is 1. The maximum absolute atomic E-state index is 8.27. The first-order valence-electron chi connectivity index (χ1n) is 4.98. The minimum absolute atomic E-state index is 0.283. The molecule has 0 amide bonds. The predicted octanol–water partition coefficient (Wildman–Crippen LogP) is 0.0543. The van der Waals surface area contributed by atoms with Crippen LogP contribution in [-0.4, -0.2) is 49.7 Å². The maximum Gasteiger partial charge on any atom is 0.140 e. The lowest BCUT2D eigenvalue weighted by atomic mass is 10.3. The first-order chi connectivity index (χ1) is 6.66. The van der Waals surface area contributed by atoms with Crippen molar-refractivity contribution in [1.29, 1.82) is 0 Å². The van der Waals surface area contributed by atoms with Gasteiger partial charge in [-0.15, -0.1) is 0 Å². The van der Waals surface area contributed by atoms with Crippen molar-refractivity contribution in [2.45, 2.75) is 19.3 Å². The summed E-state index contributed by atoms with van der Waals surface area (Å²) in [6, 6.07) is 0. The van der Waals surface area contributed by atoms with Gasteiger partial charge in [-0.1, -0.05) is 5.16 Å². The Balaban J connectivity index is 3.07. The molecule has 0 radical (unpaired) electrons. The number of amidine groups is 1. The zero-order valence-corrected chi connectivity index (χ0v) is 9.16. The standard InChI is InChI=1S/C9H22N4O/c1-13(2)8-4-3-6-11-7-5-9(10)12-14/h11,14H,3-8H2,1-2H3,(H2,10,12). The number of hydrogen-bond acceptors (Lipinski definition) is 4. The third-order valence-corrected chi connectivity index (χ3v) is 1.90. The number of hydrogen-bond donors (Lipinski definition) is 3. The molecule has 0 saturated heterocycles. The Kier molecular flexibility index (Phi) is 8.27. The lowest BCUT2D eigenvalue weighted by Crippen LogP contribution is -2.23. The molecule has 0 saturated carbocycles. The topological polar surface area (TPSA) is 73.9 Å². The number of oxime groups is 1. The van der Waals surface area contributed by atoms with Crippen LogP contribution in [0.4, 0.5) is 0 Å². The van der Waals surface area contributed by atoms with Gasteiger partial charge in [0.25, 0.3) is 0 Å². The summed E-state index contributed by atoms with van der Waals surface area (Å²) >= 11 is 0. The Hall–Kier alpha value is -0.810. The lowest BCUT2D eigenvalue weighted by Gasteiger charge is -2.09. The molecule has 0 aromatic carbocycles. The van der Waals surface area contributed by atoms with E-state index in [1.54, 1.807) is 0 Å². The summed E-state index contributed by atoms with van der Waals surface area (Å²) in [7, 11) is 4.15. The third kappa shape index (κ3) is 9.28. The summed E-state index contributed by atoms with van der Waals surface area (Å²) in [6.07, 6.45) is 2.96. The molecular weight excluding hydrogens is 180 g/mol. The van der Waals surface area contributed by atoms with Crippen molar-refractivity contribution in [2.75, 3.05) is 33.7 Å². The van der Waals surface area contributed by atoms with Gasteiger partial charge in [0, 0.05) is 13.0 Å². The van der Waals surface area contributed by atoms with Crippen LogP contribution in [0.3, 0.4) is 0 Å². The molecule has 0 aliphatic rings. The molecule has 0 heterocycles. The Bertz CT molecular complexity index is 159. The van der Waals surface area contributed by atoms with E-state index in [1.807, 2.05) is 0 Å². The molecule has 0 aromatic rings. The summed E-state index contributed by atoms with van der Waals surface area (Å²) < 4.78 is 0. The van der Waals surface area contributed by atoms with E-state index in [9.17, 15) is 0 Å². The van der Waals surface area contributed by atoms with Crippen LogP contribution in [0.15, 0.2) is 5.16 Å².